The van der Waals surface area contributed by atoms with Crippen LogP contribution in [0.5, 0.6) is 0 Å². The van der Waals surface area contributed by atoms with Crippen molar-refractivity contribution in [3.8, 4) is 0 Å². The van der Waals surface area contributed by atoms with Gasteiger partial charge in [0.25, 0.3) is 5.91 Å². The molecule has 1 aromatic carbocycles. The molecule has 0 unspecified atom stereocenters. The monoisotopic (exact) mass is 335 g/mol. The van der Waals surface area contributed by atoms with Crippen molar-refractivity contribution >= 4 is 23.8 Å². The smallest absolute Gasteiger partial charge is 0.321 e. The van der Waals surface area contributed by atoms with Gasteiger partial charge >= 0.3 is 12.0 Å². The summed E-state index contributed by atoms with van der Waals surface area (Å²) in [6.07, 6.45) is -1.27. The highest BCUT2D eigenvalue weighted by molar-refractivity contribution is 5.97. The molecule has 0 aliphatic heterocycles. The van der Waals surface area contributed by atoms with Crippen LogP contribution in [0.2, 0.25) is 0 Å². The van der Waals surface area contributed by atoms with Gasteiger partial charge in [-0.15, -0.1) is 0 Å². The minimum Gasteiger partial charge on any atom is -0.452 e. The zero-order valence-corrected chi connectivity index (χ0v) is 13.8. The van der Waals surface area contributed by atoms with Gasteiger partial charge in [0.15, 0.2) is 6.10 Å². The first-order chi connectivity index (χ1) is 11.3. The third-order valence-electron chi connectivity index (χ3n) is 3.09. The number of hydrogen-bond donors (Lipinski definition) is 3. The van der Waals surface area contributed by atoms with Crippen molar-refractivity contribution in [2.75, 3.05) is 7.05 Å². The molecule has 8 nitrogen and oxygen atoms in total. The summed E-state index contributed by atoms with van der Waals surface area (Å²) in [5, 5.41) is 6.90. The average molecular weight is 335 g/mol. The largest absolute Gasteiger partial charge is 0.452 e. The van der Waals surface area contributed by atoms with E-state index < -0.39 is 30.1 Å². The lowest BCUT2D eigenvalue weighted by Gasteiger charge is -2.19. The predicted octanol–water partition coefficient (Wildman–Crippen LogP) is 0.641. The van der Waals surface area contributed by atoms with Gasteiger partial charge in [-0.05, 0) is 12.5 Å². The number of nitrogens with one attached hydrogen (secondary N) is 3. The summed E-state index contributed by atoms with van der Waals surface area (Å²) in [4.78, 5) is 46.1. The molecule has 0 heterocycles. The van der Waals surface area contributed by atoms with Crippen molar-refractivity contribution in [3.63, 3.8) is 0 Å². The van der Waals surface area contributed by atoms with Crippen molar-refractivity contribution in [2.24, 2.45) is 0 Å². The average Bonchev–Trinajstić information content (AvgIpc) is 2.54. The number of urea groups is 1. The molecule has 8 heteroatoms. The Morgan fingerprint density at radius 1 is 1.12 bits per heavy atom. The number of ether oxygens (including phenoxy) is 1. The van der Waals surface area contributed by atoms with Crippen LogP contribution in [0, 0.1) is 0 Å². The van der Waals surface area contributed by atoms with Crippen molar-refractivity contribution in [1.29, 1.82) is 0 Å². The Hall–Kier alpha value is -2.90. The molecule has 0 aliphatic rings. The van der Waals surface area contributed by atoms with E-state index in [1.54, 1.807) is 24.3 Å². The van der Waals surface area contributed by atoms with Crippen LogP contribution < -0.4 is 16.0 Å². The van der Waals surface area contributed by atoms with E-state index >= 15 is 0 Å². The highest BCUT2D eigenvalue weighted by Gasteiger charge is 2.23. The molecule has 0 aromatic heterocycles. The second-order valence-electron chi connectivity index (χ2n) is 5.07. The minimum absolute atomic E-state index is 0.138. The Morgan fingerprint density at radius 2 is 1.75 bits per heavy atom. The number of esters is 1. The molecule has 1 rings (SSSR count). The van der Waals surface area contributed by atoms with Crippen LogP contribution in [-0.2, 0) is 19.1 Å². The van der Waals surface area contributed by atoms with E-state index in [0.29, 0.717) is 0 Å². The normalized spacial score (nSPS) is 12.5. The van der Waals surface area contributed by atoms with E-state index in [0.717, 1.165) is 5.56 Å². The van der Waals surface area contributed by atoms with Crippen LogP contribution in [0.3, 0.4) is 0 Å². The minimum atomic E-state index is -1.14. The van der Waals surface area contributed by atoms with Gasteiger partial charge in [0, 0.05) is 14.0 Å². The molecular formula is C16H21N3O5. The lowest BCUT2D eigenvalue weighted by molar-refractivity contribution is -0.155. The molecule has 4 amide bonds. The summed E-state index contributed by atoms with van der Waals surface area (Å²) in [7, 11) is 1.36. The molecule has 3 N–H and O–H groups in total. The molecule has 1 aromatic rings. The second kappa shape index (κ2) is 9.29. The van der Waals surface area contributed by atoms with Crippen LogP contribution in [-0.4, -0.2) is 37.0 Å². The predicted molar refractivity (Wildman–Crippen MR) is 85.8 cm³/mol. The maximum Gasteiger partial charge on any atom is 0.321 e. The van der Waals surface area contributed by atoms with Crippen molar-refractivity contribution in [3.05, 3.63) is 35.9 Å². The molecule has 0 spiro atoms. The van der Waals surface area contributed by atoms with Crippen molar-refractivity contribution < 1.29 is 23.9 Å². The summed E-state index contributed by atoms with van der Waals surface area (Å²) in [6.45, 7) is 2.70. The zero-order valence-electron chi connectivity index (χ0n) is 13.8. The Balaban J connectivity index is 2.66. The first kappa shape index (κ1) is 19.1. The standard InChI is InChI=1S/C16H21N3O5/c1-10(15(22)19-16(23)17-3)24-14(21)9-13(18-11(2)20)12-7-5-4-6-8-12/h4-8,10,13H,9H2,1-3H3,(H,18,20)(H2,17,19,22,23)/t10-,13+/m0/s1. The quantitative estimate of drug-likeness (QED) is 0.660. The van der Waals surface area contributed by atoms with Gasteiger partial charge < -0.3 is 15.4 Å². The van der Waals surface area contributed by atoms with E-state index in [-0.39, 0.29) is 12.3 Å². The van der Waals surface area contributed by atoms with Gasteiger partial charge in [0.2, 0.25) is 5.91 Å². The number of benzene rings is 1. The number of rotatable bonds is 6. The van der Waals surface area contributed by atoms with E-state index in [1.807, 2.05) is 11.4 Å². The molecule has 0 saturated heterocycles. The van der Waals surface area contributed by atoms with Gasteiger partial charge in [-0.25, -0.2) is 4.79 Å². The van der Waals surface area contributed by atoms with Crippen molar-refractivity contribution in [2.45, 2.75) is 32.4 Å². The Labute approximate surface area is 139 Å². The number of imide groups is 1. The molecular weight excluding hydrogens is 314 g/mol. The van der Waals surface area contributed by atoms with Gasteiger partial charge in [0.05, 0.1) is 12.5 Å². The number of carbonyl (C=O) groups is 4. The number of amides is 4. The van der Waals surface area contributed by atoms with Gasteiger partial charge in [-0.3, -0.25) is 19.7 Å². The van der Waals surface area contributed by atoms with Crippen molar-refractivity contribution in [1.82, 2.24) is 16.0 Å². The number of hydrogen-bond acceptors (Lipinski definition) is 5. The molecule has 2 atom stereocenters. The Bertz CT molecular complexity index is 603. The van der Waals surface area contributed by atoms with Gasteiger partial charge in [0.1, 0.15) is 0 Å². The maximum absolute atomic E-state index is 12.0. The summed E-state index contributed by atoms with van der Waals surface area (Å²) < 4.78 is 5.01. The first-order valence-corrected chi connectivity index (χ1v) is 7.37. The molecule has 0 aliphatic carbocycles. The topological polar surface area (TPSA) is 114 Å². The fourth-order valence-electron chi connectivity index (χ4n) is 1.92. The van der Waals surface area contributed by atoms with E-state index in [2.05, 4.69) is 10.6 Å². The molecule has 0 fully saturated rings. The lowest BCUT2D eigenvalue weighted by Crippen LogP contribution is -2.43. The van der Waals surface area contributed by atoms with Crippen LogP contribution in [0.4, 0.5) is 4.79 Å². The molecule has 130 valence electrons. The van der Waals surface area contributed by atoms with Crippen LogP contribution >= 0.6 is 0 Å². The zero-order chi connectivity index (χ0) is 18.1. The fraction of sp³-hybridized carbons (Fsp3) is 0.375. The van der Waals surface area contributed by atoms with Crippen LogP contribution in [0.15, 0.2) is 30.3 Å². The SMILES string of the molecule is CNC(=O)NC(=O)[C@H](C)OC(=O)C[C@@H](NC(C)=O)c1ccccc1. The molecule has 0 radical (unpaired) electrons. The molecule has 24 heavy (non-hydrogen) atoms. The third kappa shape index (κ3) is 6.47. The Kier molecular flexibility index (Phi) is 7.41. The summed E-state index contributed by atoms with van der Waals surface area (Å²) in [5.74, 6) is -1.70. The van der Waals surface area contributed by atoms with E-state index in [1.165, 1.54) is 20.9 Å². The summed E-state index contributed by atoms with van der Waals surface area (Å²) >= 11 is 0. The second-order valence-corrected chi connectivity index (χ2v) is 5.07. The summed E-state index contributed by atoms with van der Waals surface area (Å²) in [5.41, 5.74) is 0.743. The fourth-order valence-corrected chi connectivity index (χ4v) is 1.92. The molecule has 0 saturated carbocycles. The lowest BCUT2D eigenvalue weighted by atomic mass is 10.0. The third-order valence-corrected chi connectivity index (χ3v) is 3.09. The van der Waals surface area contributed by atoms with Gasteiger partial charge in [-0.2, -0.15) is 0 Å². The van der Waals surface area contributed by atoms with Crippen LogP contribution in [0.1, 0.15) is 31.9 Å². The maximum atomic E-state index is 12.0. The van der Waals surface area contributed by atoms with Crippen LogP contribution in [0.25, 0.3) is 0 Å². The highest BCUT2D eigenvalue weighted by atomic mass is 16.5. The summed E-state index contributed by atoms with van der Waals surface area (Å²) in [6, 6.07) is 7.68. The Morgan fingerprint density at radius 3 is 2.29 bits per heavy atom. The van der Waals surface area contributed by atoms with E-state index in [4.69, 9.17) is 4.74 Å². The van der Waals surface area contributed by atoms with E-state index in [9.17, 15) is 19.2 Å². The first-order valence-electron chi connectivity index (χ1n) is 7.37. The molecule has 0 bridgehead atoms. The number of carbonyl (C=O) groups excluding carboxylic acids is 4. The highest BCUT2D eigenvalue weighted by Crippen LogP contribution is 2.17. The van der Waals surface area contributed by atoms with Gasteiger partial charge in [-0.1, -0.05) is 30.3 Å².